The number of benzene rings is 1. The summed E-state index contributed by atoms with van der Waals surface area (Å²) in [6, 6.07) is 5.87. The van der Waals surface area contributed by atoms with Crippen molar-refractivity contribution in [2.45, 2.75) is 42.6 Å². The van der Waals surface area contributed by atoms with E-state index in [1.807, 2.05) is 0 Å². The Hall–Kier alpha value is -1.44. The van der Waals surface area contributed by atoms with Crippen molar-refractivity contribution in [3.8, 4) is 0 Å². The predicted octanol–water partition coefficient (Wildman–Crippen LogP) is 0.852. The molecule has 2 rings (SSSR count). The Kier molecular flexibility index (Phi) is 3.86. The van der Waals surface area contributed by atoms with Crippen LogP contribution in [0.1, 0.15) is 32.3 Å². The molecule has 0 saturated heterocycles. The third kappa shape index (κ3) is 3.42. The Labute approximate surface area is 123 Å². The molecule has 6 nitrogen and oxygen atoms in total. The summed E-state index contributed by atoms with van der Waals surface area (Å²) in [4.78, 5) is 11.3. The highest BCUT2D eigenvalue weighted by atomic mass is 32.2. The first-order valence-electron chi connectivity index (χ1n) is 6.63. The Balaban J connectivity index is 2.17. The first-order valence-corrected chi connectivity index (χ1v) is 8.11. The van der Waals surface area contributed by atoms with E-state index >= 15 is 0 Å². The second kappa shape index (κ2) is 5.08. The zero-order valence-electron chi connectivity index (χ0n) is 12.0. The van der Waals surface area contributed by atoms with Gasteiger partial charge >= 0.3 is 5.97 Å². The highest BCUT2D eigenvalue weighted by molar-refractivity contribution is 7.89. The van der Waals surface area contributed by atoms with Gasteiger partial charge in [-0.2, -0.15) is 0 Å². The summed E-state index contributed by atoms with van der Waals surface area (Å²) in [5.41, 5.74) is -1.37. The molecule has 1 aromatic carbocycles. The molecule has 1 aliphatic carbocycles. The van der Waals surface area contributed by atoms with Gasteiger partial charge < -0.3 is 10.2 Å². The summed E-state index contributed by atoms with van der Waals surface area (Å²) in [6.45, 7) is 2.90. The molecular formula is C14H19NO5S. The maximum absolute atomic E-state index is 12.1. The van der Waals surface area contributed by atoms with E-state index < -0.39 is 27.0 Å². The molecule has 7 heteroatoms. The number of hydrogen-bond acceptors (Lipinski definition) is 4. The first kappa shape index (κ1) is 15.9. The molecule has 21 heavy (non-hydrogen) atoms. The molecule has 0 atom stereocenters. The minimum Gasteiger partial charge on any atom is -0.481 e. The second-order valence-electron chi connectivity index (χ2n) is 6.05. The Morgan fingerprint density at radius 2 is 1.81 bits per heavy atom. The third-order valence-electron chi connectivity index (χ3n) is 3.57. The van der Waals surface area contributed by atoms with Crippen LogP contribution >= 0.6 is 0 Å². The number of aliphatic carboxylic acids is 1. The van der Waals surface area contributed by atoms with Gasteiger partial charge in [0.25, 0.3) is 0 Å². The van der Waals surface area contributed by atoms with Crippen molar-refractivity contribution in [2.75, 3.05) is 6.54 Å². The zero-order valence-corrected chi connectivity index (χ0v) is 12.8. The number of rotatable bonds is 6. The first-order chi connectivity index (χ1) is 9.57. The molecule has 1 aromatic rings. The van der Waals surface area contributed by atoms with Gasteiger partial charge in [0, 0.05) is 6.54 Å². The van der Waals surface area contributed by atoms with Crippen LogP contribution in [0, 0.1) is 0 Å². The van der Waals surface area contributed by atoms with Gasteiger partial charge in [0.15, 0.2) is 0 Å². The van der Waals surface area contributed by atoms with Crippen LogP contribution in [0.4, 0.5) is 0 Å². The fraction of sp³-hybridized carbons (Fsp3) is 0.500. The van der Waals surface area contributed by atoms with E-state index in [9.17, 15) is 23.4 Å². The molecular weight excluding hydrogens is 294 g/mol. The lowest BCUT2D eigenvalue weighted by Gasteiger charge is -2.18. The standard InChI is InChI=1S/C14H19NO5S/c1-13(2,18)9-15-21(19,20)11-5-3-10(4-6-11)14(7-8-14)12(16)17/h3-6,15,18H,7-9H2,1-2H3,(H,16,17). The van der Waals surface area contributed by atoms with Crippen molar-refractivity contribution in [3.05, 3.63) is 29.8 Å². The normalized spacial score (nSPS) is 17.5. The number of carbonyl (C=O) groups is 1. The molecule has 0 aromatic heterocycles. The second-order valence-corrected chi connectivity index (χ2v) is 7.82. The molecule has 0 heterocycles. The van der Waals surface area contributed by atoms with Gasteiger partial charge in [0.1, 0.15) is 0 Å². The van der Waals surface area contributed by atoms with Gasteiger partial charge in [-0.25, -0.2) is 13.1 Å². The van der Waals surface area contributed by atoms with Crippen LogP contribution in [0.2, 0.25) is 0 Å². The minimum atomic E-state index is -3.71. The molecule has 0 amide bonds. The van der Waals surface area contributed by atoms with Crippen LogP contribution in [-0.2, 0) is 20.2 Å². The number of sulfonamides is 1. The van der Waals surface area contributed by atoms with Gasteiger partial charge in [-0.15, -0.1) is 0 Å². The summed E-state index contributed by atoms with van der Waals surface area (Å²) in [5, 5.41) is 18.8. The predicted molar refractivity (Wildman–Crippen MR) is 76.5 cm³/mol. The summed E-state index contributed by atoms with van der Waals surface area (Å²) < 4.78 is 26.4. The molecule has 0 unspecified atom stereocenters. The largest absolute Gasteiger partial charge is 0.481 e. The maximum atomic E-state index is 12.1. The molecule has 0 aliphatic heterocycles. The highest BCUT2D eigenvalue weighted by Gasteiger charge is 2.51. The van der Waals surface area contributed by atoms with Gasteiger partial charge in [-0.05, 0) is 44.4 Å². The van der Waals surface area contributed by atoms with Crippen molar-refractivity contribution in [1.82, 2.24) is 4.72 Å². The van der Waals surface area contributed by atoms with E-state index in [4.69, 9.17) is 0 Å². The quantitative estimate of drug-likeness (QED) is 0.722. The Morgan fingerprint density at radius 1 is 1.29 bits per heavy atom. The molecule has 116 valence electrons. The third-order valence-corrected chi connectivity index (χ3v) is 4.99. The molecule has 1 saturated carbocycles. The van der Waals surface area contributed by atoms with Crippen molar-refractivity contribution in [3.63, 3.8) is 0 Å². The molecule has 3 N–H and O–H groups in total. The van der Waals surface area contributed by atoms with Gasteiger partial charge in [-0.1, -0.05) is 12.1 Å². The van der Waals surface area contributed by atoms with Crippen LogP contribution in [0.5, 0.6) is 0 Å². The highest BCUT2D eigenvalue weighted by Crippen LogP contribution is 2.48. The minimum absolute atomic E-state index is 0.0525. The number of carboxylic acid groups (broad SMARTS) is 1. The molecule has 1 fully saturated rings. The molecule has 0 bridgehead atoms. The lowest BCUT2D eigenvalue weighted by molar-refractivity contribution is -0.140. The van der Waals surface area contributed by atoms with Gasteiger partial charge in [0.05, 0.1) is 15.9 Å². The van der Waals surface area contributed by atoms with Crippen LogP contribution in [0.3, 0.4) is 0 Å². The van der Waals surface area contributed by atoms with Crippen molar-refractivity contribution < 1.29 is 23.4 Å². The topological polar surface area (TPSA) is 104 Å². The van der Waals surface area contributed by atoms with Crippen LogP contribution in [0.15, 0.2) is 29.2 Å². The van der Waals surface area contributed by atoms with Gasteiger partial charge in [0.2, 0.25) is 10.0 Å². The van der Waals surface area contributed by atoms with E-state index in [0.717, 1.165) is 0 Å². The summed E-state index contributed by atoms with van der Waals surface area (Å²) in [6.07, 6.45) is 1.15. The van der Waals surface area contributed by atoms with Crippen molar-refractivity contribution >= 4 is 16.0 Å². The van der Waals surface area contributed by atoms with Crippen LogP contribution in [0.25, 0.3) is 0 Å². The summed E-state index contributed by atoms with van der Waals surface area (Å²) in [5.74, 6) is -0.877. The van der Waals surface area contributed by atoms with Crippen molar-refractivity contribution in [2.24, 2.45) is 0 Å². The summed E-state index contributed by atoms with van der Waals surface area (Å²) in [7, 11) is -3.71. The molecule has 0 spiro atoms. The van der Waals surface area contributed by atoms with Crippen molar-refractivity contribution in [1.29, 1.82) is 0 Å². The average Bonchev–Trinajstić information content (AvgIpc) is 3.17. The lowest BCUT2D eigenvalue weighted by Crippen LogP contribution is -2.38. The lowest BCUT2D eigenvalue weighted by atomic mass is 9.96. The zero-order chi connectivity index (χ0) is 15.9. The van der Waals surface area contributed by atoms with E-state index in [1.54, 1.807) is 12.1 Å². The van der Waals surface area contributed by atoms with E-state index in [1.165, 1.54) is 26.0 Å². The molecule has 1 aliphatic rings. The fourth-order valence-electron chi connectivity index (χ4n) is 2.06. The Bertz CT molecular complexity index is 639. The monoisotopic (exact) mass is 313 g/mol. The number of aliphatic hydroxyl groups is 1. The van der Waals surface area contributed by atoms with Gasteiger partial charge in [-0.3, -0.25) is 4.79 Å². The Morgan fingerprint density at radius 3 is 2.19 bits per heavy atom. The van der Waals surface area contributed by atoms with E-state index in [-0.39, 0.29) is 11.4 Å². The van der Waals surface area contributed by atoms with E-state index in [0.29, 0.717) is 18.4 Å². The SMILES string of the molecule is CC(C)(O)CNS(=O)(=O)c1ccc(C2(C(=O)O)CC2)cc1. The molecule has 0 radical (unpaired) electrons. The van der Waals surface area contributed by atoms with Crippen LogP contribution < -0.4 is 4.72 Å². The average molecular weight is 313 g/mol. The number of carboxylic acids is 1. The number of nitrogens with one attached hydrogen (secondary N) is 1. The van der Waals surface area contributed by atoms with E-state index in [2.05, 4.69) is 4.72 Å². The maximum Gasteiger partial charge on any atom is 0.314 e. The number of hydrogen-bond donors (Lipinski definition) is 3. The fourth-order valence-corrected chi connectivity index (χ4v) is 3.26. The van der Waals surface area contributed by atoms with Crippen LogP contribution in [-0.4, -0.2) is 36.7 Å². The summed E-state index contributed by atoms with van der Waals surface area (Å²) >= 11 is 0. The smallest absolute Gasteiger partial charge is 0.314 e.